The molecule has 1 aromatic heterocycles. The minimum atomic E-state index is -0.414. The fourth-order valence-corrected chi connectivity index (χ4v) is 3.83. The summed E-state index contributed by atoms with van der Waals surface area (Å²) in [7, 11) is 0. The van der Waals surface area contributed by atoms with Crippen molar-refractivity contribution in [2.45, 2.75) is 6.54 Å². The van der Waals surface area contributed by atoms with Crippen molar-refractivity contribution < 1.29 is 14.3 Å². The Balaban J connectivity index is 1.42. The minimum Gasteiger partial charge on any atom is -0.492 e. The highest BCUT2D eigenvalue weighted by atomic mass is 16.5. The quantitative estimate of drug-likeness (QED) is 0.374. The van der Waals surface area contributed by atoms with Crippen LogP contribution in [0.3, 0.4) is 0 Å². The first kappa shape index (κ1) is 19.6. The number of ether oxygens (including phenoxy) is 1. The number of aromatic nitrogens is 1. The highest BCUT2D eigenvalue weighted by Gasteiger charge is 2.34. The number of para-hydroxylation sites is 3. The van der Waals surface area contributed by atoms with Gasteiger partial charge in [0.1, 0.15) is 17.9 Å². The largest absolute Gasteiger partial charge is 0.492 e. The number of fused-ring (bicyclic) bond motifs is 1. The van der Waals surface area contributed by atoms with Gasteiger partial charge in [0.05, 0.1) is 12.2 Å². The molecule has 1 saturated heterocycles. The van der Waals surface area contributed by atoms with E-state index in [1.165, 1.54) is 5.01 Å². The Morgan fingerprint density at radius 2 is 1.53 bits per heavy atom. The fraction of sp³-hybridized carbons (Fsp3) is 0.0769. The van der Waals surface area contributed by atoms with Crippen molar-refractivity contribution in [3.05, 3.63) is 102 Å². The van der Waals surface area contributed by atoms with Crippen LogP contribution in [0.5, 0.6) is 5.75 Å². The maximum Gasteiger partial charge on any atom is 0.282 e. The summed E-state index contributed by atoms with van der Waals surface area (Å²) in [4.78, 5) is 25.5. The lowest BCUT2D eigenvalue weighted by Crippen LogP contribution is -2.35. The van der Waals surface area contributed by atoms with Crippen LogP contribution in [0.1, 0.15) is 5.56 Å². The summed E-state index contributed by atoms with van der Waals surface area (Å²) in [6.45, 7) is 1.13. The van der Waals surface area contributed by atoms with Gasteiger partial charge in [0.15, 0.2) is 0 Å². The lowest BCUT2D eigenvalue weighted by atomic mass is 10.1. The molecule has 6 nitrogen and oxygen atoms in total. The van der Waals surface area contributed by atoms with Crippen LogP contribution in [0.15, 0.2) is 96.7 Å². The van der Waals surface area contributed by atoms with E-state index >= 15 is 0 Å². The monoisotopic (exact) mass is 423 g/mol. The third-order valence-electron chi connectivity index (χ3n) is 5.37. The second kappa shape index (κ2) is 8.43. The second-order valence-electron chi connectivity index (χ2n) is 7.43. The number of hydrazine groups is 1. The number of nitrogens with one attached hydrogen (secondary N) is 1. The Bertz CT molecular complexity index is 1310. The van der Waals surface area contributed by atoms with Gasteiger partial charge in [0.25, 0.3) is 11.8 Å². The van der Waals surface area contributed by atoms with Crippen molar-refractivity contribution in [1.82, 2.24) is 9.99 Å². The molecule has 0 saturated carbocycles. The summed E-state index contributed by atoms with van der Waals surface area (Å²) in [6.07, 6.45) is 3.62. The number of hydrogen-bond acceptors (Lipinski definition) is 3. The van der Waals surface area contributed by atoms with E-state index in [1.54, 1.807) is 18.2 Å². The summed E-state index contributed by atoms with van der Waals surface area (Å²) >= 11 is 0. The van der Waals surface area contributed by atoms with Crippen molar-refractivity contribution in [1.29, 1.82) is 0 Å². The molecule has 1 fully saturated rings. The maximum absolute atomic E-state index is 12.9. The number of benzene rings is 3. The summed E-state index contributed by atoms with van der Waals surface area (Å²) in [5.74, 6) is 0.0362. The Hall–Kier alpha value is -4.32. The first-order valence-corrected chi connectivity index (χ1v) is 10.4. The first-order valence-electron chi connectivity index (χ1n) is 10.4. The predicted molar refractivity (Wildman–Crippen MR) is 124 cm³/mol. The smallest absolute Gasteiger partial charge is 0.282 e. The van der Waals surface area contributed by atoms with Gasteiger partial charge in [-0.3, -0.25) is 15.0 Å². The zero-order valence-electron chi connectivity index (χ0n) is 17.3. The lowest BCUT2D eigenvalue weighted by Gasteiger charge is -2.13. The molecule has 0 aliphatic carbocycles. The SMILES string of the molecule is O=C1NN(c2ccccc2)C(=O)C1=Cc1cn(CCOc2ccccc2)c2ccccc12. The van der Waals surface area contributed by atoms with Gasteiger partial charge in [-0.25, -0.2) is 5.01 Å². The summed E-state index contributed by atoms with van der Waals surface area (Å²) in [5.41, 5.74) is 5.21. The van der Waals surface area contributed by atoms with E-state index in [-0.39, 0.29) is 11.5 Å². The number of anilines is 1. The van der Waals surface area contributed by atoms with E-state index < -0.39 is 5.91 Å². The Morgan fingerprint density at radius 1 is 0.844 bits per heavy atom. The summed E-state index contributed by atoms with van der Waals surface area (Å²) in [5, 5.41) is 2.25. The molecule has 2 heterocycles. The van der Waals surface area contributed by atoms with Crippen molar-refractivity contribution in [3.8, 4) is 5.75 Å². The van der Waals surface area contributed by atoms with Gasteiger partial charge in [-0.15, -0.1) is 0 Å². The van der Waals surface area contributed by atoms with Gasteiger partial charge >= 0.3 is 0 Å². The van der Waals surface area contributed by atoms with Gasteiger partial charge in [0.2, 0.25) is 0 Å². The van der Waals surface area contributed by atoms with Crippen LogP contribution in [0.2, 0.25) is 0 Å². The number of nitrogens with zero attached hydrogens (tertiary/aromatic N) is 2. The topological polar surface area (TPSA) is 63.6 Å². The average molecular weight is 423 g/mol. The number of carbonyl (C=O) groups excluding carboxylic acids is 2. The van der Waals surface area contributed by atoms with Gasteiger partial charge < -0.3 is 9.30 Å². The van der Waals surface area contributed by atoms with Crippen LogP contribution in [-0.2, 0) is 16.1 Å². The number of rotatable bonds is 6. The molecule has 0 atom stereocenters. The van der Waals surface area contributed by atoms with Crippen LogP contribution in [0.25, 0.3) is 17.0 Å². The molecule has 6 heteroatoms. The zero-order valence-corrected chi connectivity index (χ0v) is 17.3. The number of carbonyl (C=O) groups is 2. The van der Waals surface area contributed by atoms with Crippen LogP contribution >= 0.6 is 0 Å². The van der Waals surface area contributed by atoms with Gasteiger partial charge in [-0.2, -0.15) is 0 Å². The highest BCUT2D eigenvalue weighted by Crippen LogP contribution is 2.26. The summed E-state index contributed by atoms with van der Waals surface area (Å²) in [6, 6.07) is 26.7. The third kappa shape index (κ3) is 3.74. The predicted octanol–water partition coefficient (Wildman–Crippen LogP) is 4.18. The molecule has 3 aromatic carbocycles. The molecule has 4 aromatic rings. The van der Waals surface area contributed by atoms with E-state index in [2.05, 4.69) is 9.99 Å². The van der Waals surface area contributed by atoms with Crippen LogP contribution < -0.4 is 15.2 Å². The van der Waals surface area contributed by atoms with E-state index in [1.807, 2.05) is 79.0 Å². The highest BCUT2D eigenvalue weighted by molar-refractivity contribution is 6.32. The Labute approximate surface area is 185 Å². The first-order chi connectivity index (χ1) is 15.7. The van der Waals surface area contributed by atoms with Gasteiger partial charge in [-0.1, -0.05) is 54.6 Å². The third-order valence-corrected chi connectivity index (χ3v) is 5.37. The van der Waals surface area contributed by atoms with Crippen LogP contribution in [-0.4, -0.2) is 23.0 Å². The average Bonchev–Trinajstić information content (AvgIpc) is 3.33. The molecule has 2 amide bonds. The molecule has 0 spiro atoms. The van der Waals surface area contributed by atoms with E-state index in [9.17, 15) is 9.59 Å². The molecule has 158 valence electrons. The van der Waals surface area contributed by atoms with Crippen LogP contribution in [0, 0.1) is 0 Å². The van der Waals surface area contributed by atoms with E-state index in [4.69, 9.17) is 4.74 Å². The van der Waals surface area contributed by atoms with Crippen molar-refractivity contribution in [2.75, 3.05) is 11.6 Å². The van der Waals surface area contributed by atoms with Gasteiger partial charge in [0, 0.05) is 22.7 Å². The normalized spacial score (nSPS) is 14.9. The number of amides is 2. The maximum atomic E-state index is 12.9. The molecule has 0 bridgehead atoms. The minimum absolute atomic E-state index is 0.109. The van der Waals surface area contributed by atoms with Gasteiger partial charge in [-0.05, 0) is 36.4 Å². The van der Waals surface area contributed by atoms with Crippen molar-refractivity contribution in [2.24, 2.45) is 0 Å². The fourth-order valence-electron chi connectivity index (χ4n) is 3.83. The van der Waals surface area contributed by atoms with E-state index in [0.717, 1.165) is 22.2 Å². The molecule has 1 aliphatic heterocycles. The Kier molecular flexibility index (Phi) is 5.17. The molecular weight excluding hydrogens is 402 g/mol. The summed E-state index contributed by atoms with van der Waals surface area (Å²) < 4.78 is 7.92. The molecule has 32 heavy (non-hydrogen) atoms. The second-order valence-corrected chi connectivity index (χ2v) is 7.43. The number of hydrogen-bond donors (Lipinski definition) is 1. The Morgan fingerprint density at radius 3 is 2.31 bits per heavy atom. The van der Waals surface area contributed by atoms with Crippen molar-refractivity contribution >= 4 is 34.5 Å². The molecule has 1 aliphatic rings. The molecule has 0 radical (unpaired) electrons. The van der Waals surface area contributed by atoms with Crippen LogP contribution in [0.4, 0.5) is 5.69 Å². The molecule has 5 rings (SSSR count). The standard InChI is InChI=1S/C26H21N3O3/c30-25-23(26(31)29(27-25)20-9-3-1-4-10-20)17-19-18-28(24-14-8-7-13-22(19)24)15-16-32-21-11-5-2-6-12-21/h1-14,17-18H,15-16H2,(H,27,30). The molecule has 1 N–H and O–H groups in total. The molecular formula is C26H21N3O3. The van der Waals surface area contributed by atoms with E-state index in [0.29, 0.717) is 18.8 Å². The molecule has 0 unspecified atom stereocenters. The zero-order chi connectivity index (χ0) is 21.9. The van der Waals surface area contributed by atoms with Crippen molar-refractivity contribution in [3.63, 3.8) is 0 Å². The lowest BCUT2D eigenvalue weighted by molar-refractivity contribution is -0.117.